The maximum absolute atomic E-state index is 12.4. The normalized spacial score (nSPS) is 19.7. The zero-order chi connectivity index (χ0) is 9.47. The number of nitrogens with zero attached hydrogens (tertiary/aromatic N) is 1. The van der Waals surface area contributed by atoms with E-state index in [0.717, 1.165) is 4.90 Å². The van der Waals surface area contributed by atoms with Crippen LogP contribution in [-0.2, 0) is 0 Å². The van der Waals surface area contributed by atoms with Crippen LogP contribution in [0.4, 0.5) is 8.78 Å². The molecular weight excluding hydrogens is 180 g/mol. The van der Waals surface area contributed by atoms with Gasteiger partial charge in [0.25, 0.3) is 11.8 Å². The van der Waals surface area contributed by atoms with E-state index in [4.69, 9.17) is 4.42 Å². The van der Waals surface area contributed by atoms with Crippen LogP contribution in [0.15, 0.2) is 22.8 Å². The fraction of sp³-hybridized carbons (Fsp3) is 0.375. The molecule has 0 unspecified atom stereocenters. The molecule has 0 atom stereocenters. The van der Waals surface area contributed by atoms with Gasteiger partial charge in [0.15, 0.2) is 5.76 Å². The number of carbonyl (C=O) groups excluding carboxylic acids is 1. The molecule has 0 N–H and O–H groups in total. The summed E-state index contributed by atoms with van der Waals surface area (Å²) >= 11 is 0. The second kappa shape index (κ2) is 2.55. The quantitative estimate of drug-likeness (QED) is 0.665. The summed E-state index contributed by atoms with van der Waals surface area (Å²) in [7, 11) is 0. The fourth-order valence-corrected chi connectivity index (χ4v) is 1.21. The summed E-state index contributed by atoms with van der Waals surface area (Å²) in [6.07, 6.45) is 1.34. The molecule has 0 radical (unpaired) electrons. The largest absolute Gasteiger partial charge is 0.459 e. The minimum atomic E-state index is -2.72. The van der Waals surface area contributed by atoms with Crippen LogP contribution < -0.4 is 0 Å². The van der Waals surface area contributed by atoms with Crippen molar-refractivity contribution in [1.29, 1.82) is 0 Å². The third-order valence-electron chi connectivity index (χ3n) is 1.86. The molecule has 2 heterocycles. The molecule has 1 aromatic heterocycles. The molecule has 1 aromatic rings. The third-order valence-corrected chi connectivity index (χ3v) is 1.86. The van der Waals surface area contributed by atoms with Crippen molar-refractivity contribution in [2.24, 2.45) is 0 Å². The summed E-state index contributed by atoms with van der Waals surface area (Å²) in [5.74, 6) is -3.09. The maximum atomic E-state index is 12.4. The number of carbonyl (C=O) groups is 1. The highest BCUT2D eigenvalue weighted by Gasteiger charge is 2.46. The van der Waals surface area contributed by atoms with Gasteiger partial charge in [-0.2, -0.15) is 0 Å². The number of halogens is 2. The fourth-order valence-electron chi connectivity index (χ4n) is 1.21. The monoisotopic (exact) mass is 187 g/mol. The zero-order valence-electron chi connectivity index (χ0n) is 6.67. The molecule has 0 bridgehead atoms. The first-order valence-corrected chi connectivity index (χ1v) is 3.79. The molecule has 13 heavy (non-hydrogen) atoms. The predicted molar refractivity (Wildman–Crippen MR) is 39.6 cm³/mol. The Kier molecular flexibility index (Phi) is 1.61. The Morgan fingerprint density at radius 1 is 1.54 bits per heavy atom. The molecule has 1 aliphatic rings. The van der Waals surface area contributed by atoms with E-state index in [9.17, 15) is 13.6 Å². The summed E-state index contributed by atoms with van der Waals surface area (Å²) in [6.45, 7) is -1.01. The van der Waals surface area contributed by atoms with Crippen molar-refractivity contribution in [3.8, 4) is 0 Å². The predicted octanol–water partition coefficient (Wildman–Crippen LogP) is 1.37. The molecule has 1 fully saturated rings. The topological polar surface area (TPSA) is 33.5 Å². The van der Waals surface area contributed by atoms with Crippen LogP contribution in [0.25, 0.3) is 0 Å². The first kappa shape index (κ1) is 8.22. The van der Waals surface area contributed by atoms with Crippen LogP contribution in [-0.4, -0.2) is 29.8 Å². The Bertz CT molecular complexity index is 313. The second-order valence-corrected chi connectivity index (χ2v) is 2.99. The van der Waals surface area contributed by atoms with Crippen LogP contribution in [0, 0.1) is 0 Å². The molecule has 0 aliphatic carbocycles. The summed E-state index contributed by atoms with van der Waals surface area (Å²) in [6, 6.07) is 3.00. The Balaban J connectivity index is 2.02. The number of likely N-dealkylation sites (tertiary alicyclic amines) is 1. The number of rotatable bonds is 1. The molecule has 3 nitrogen and oxygen atoms in total. The Morgan fingerprint density at radius 2 is 2.23 bits per heavy atom. The van der Waals surface area contributed by atoms with Gasteiger partial charge < -0.3 is 9.32 Å². The zero-order valence-corrected chi connectivity index (χ0v) is 6.67. The highest BCUT2D eigenvalue weighted by molar-refractivity contribution is 5.92. The number of hydrogen-bond donors (Lipinski definition) is 0. The lowest BCUT2D eigenvalue weighted by Crippen LogP contribution is -2.58. The van der Waals surface area contributed by atoms with E-state index in [0.29, 0.717) is 0 Å². The summed E-state index contributed by atoms with van der Waals surface area (Å²) in [4.78, 5) is 12.3. The highest BCUT2D eigenvalue weighted by Crippen LogP contribution is 2.27. The van der Waals surface area contributed by atoms with Gasteiger partial charge in [-0.05, 0) is 12.1 Å². The standard InChI is InChI=1S/C8H7F2NO2/c9-8(10)4-11(5-8)7(12)6-2-1-3-13-6/h1-3H,4-5H2. The molecule has 5 heteroatoms. The number of furan rings is 1. The van der Waals surface area contributed by atoms with Crippen LogP contribution >= 0.6 is 0 Å². The van der Waals surface area contributed by atoms with Gasteiger partial charge in [-0.3, -0.25) is 4.79 Å². The maximum Gasteiger partial charge on any atom is 0.289 e. The van der Waals surface area contributed by atoms with E-state index in [2.05, 4.69) is 0 Å². The van der Waals surface area contributed by atoms with Crippen molar-refractivity contribution < 1.29 is 18.0 Å². The minimum Gasteiger partial charge on any atom is -0.459 e. The molecule has 1 saturated heterocycles. The molecule has 70 valence electrons. The van der Waals surface area contributed by atoms with Gasteiger partial charge >= 0.3 is 0 Å². The van der Waals surface area contributed by atoms with E-state index < -0.39 is 24.9 Å². The summed E-state index contributed by atoms with van der Waals surface area (Å²) in [5.41, 5.74) is 0. The Morgan fingerprint density at radius 3 is 2.69 bits per heavy atom. The molecule has 2 rings (SSSR count). The van der Waals surface area contributed by atoms with E-state index >= 15 is 0 Å². The first-order chi connectivity index (χ1) is 6.08. The van der Waals surface area contributed by atoms with Crippen molar-refractivity contribution >= 4 is 5.91 Å². The van der Waals surface area contributed by atoms with Gasteiger partial charge in [0.05, 0.1) is 19.4 Å². The molecule has 0 saturated carbocycles. The van der Waals surface area contributed by atoms with Gasteiger partial charge in [-0.15, -0.1) is 0 Å². The number of alkyl halides is 2. The minimum absolute atomic E-state index is 0.107. The number of amides is 1. The SMILES string of the molecule is O=C(c1ccco1)N1CC(F)(F)C1. The van der Waals surface area contributed by atoms with Gasteiger partial charge in [-0.25, -0.2) is 8.78 Å². The van der Waals surface area contributed by atoms with Crippen molar-refractivity contribution in [2.75, 3.05) is 13.1 Å². The lowest BCUT2D eigenvalue weighted by molar-refractivity contribution is -0.113. The average Bonchev–Trinajstić information content (AvgIpc) is 2.50. The molecule has 1 amide bonds. The van der Waals surface area contributed by atoms with Crippen LogP contribution in [0.3, 0.4) is 0 Å². The molecule has 1 aliphatic heterocycles. The van der Waals surface area contributed by atoms with E-state index in [1.807, 2.05) is 0 Å². The highest BCUT2D eigenvalue weighted by atomic mass is 19.3. The molecule has 0 aromatic carbocycles. The van der Waals surface area contributed by atoms with Gasteiger partial charge in [0.2, 0.25) is 0 Å². The molecule has 0 spiro atoms. The Labute approximate surface area is 72.9 Å². The van der Waals surface area contributed by atoms with Crippen molar-refractivity contribution in [1.82, 2.24) is 4.90 Å². The van der Waals surface area contributed by atoms with Crippen molar-refractivity contribution in [2.45, 2.75) is 5.92 Å². The van der Waals surface area contributed by atoms with Crippen molar-refractivity contribution in [3.63, 3.8) is 0 Å². The van der Waals surface area contributed by atoms with Crippen LogP contribution in [0.2, 0.25) is 0 Å². The van der Waals surface area contributed by atoms with Crippen molar-refractivity contribution in [3.05, 3.63) is 24.2 Å². The number of hydrogen-bond acceptors (Lipinski definition) is 2. The van der Waals surface area contributed by atoms with E-state index in [1.165, 1.54) is 12.3 Å². The van der Waals surface area contributed by atoms with E-state index in [1.54, 1.807) is 6.07 Å². The third kappa shape index (κ3) is 1.41. The smallest absolute Gasteiger partial charge is 0.289 e. The lowest BCUT2D eigenvalue weighted by atomic mass is 10.1. The van der Waals surface area contributed by atoms with Gasteiger partial charge in [0, 0.05) is 0 Å². The van der Waals surface area contributed by atoms with Crippen LogP contribution in [0.5, 0.6) is 0 Å². The summed E-state index contributed by atoms with van der Waals surface area (Å²) in [5, 5.41) is 0. The molecular formula is C8H7F2NO2. The Hall–Kier alpha value is -1.39. The second-order valence-electron chi connectivity index (χ2n) is 2.99. The first-order valence-electron chi connectivity index (χ1n) is 3.79. The van der Waals surface area contributed by atoms with E-state index in [-0.39, 0.29) is 5.76 Å². The average molecular weight is 187 g/mol. The van der Waals surface area contributed by atoms with Gasteiger partial charge in [0.1, 0.15) is 0 Å². The lowest BCUT2D eigenvalue weighted by Gasteiger charge is -2.37. The van der Waals surface area contributed by atoms with Crippen LogP contribution in [0.1, 0.15) is 10.6 Å². The van der Waals surface area contributed by atoms with Gasteiger partial charge in [-0.1, -0.05) is 0 Å². The summed E-state index contributed by atoms with van der Waals surface area (Å²) < 4.78 is 29.5.